The molecule has 8 heteroatoms. The maximum Gasteiger partial charge on any atom is 0.262 e. The molecule has 2 saturated carbocycles. The number of benzene rings is 1. The van der Waals surface area contributed by atoms with E-state index in [0.29, 0.717) is 12.8 Å². The standard InChI is InChI=1S/C12H9F2NO2.C4H7F2N/c13-11(14)12(5-6-12)15-9(16)7-3-1-2-4-8(7)10(15)17;5-3(6)4(7)1-2-4/h1-4,11H,5-6H2;3H,1-2,7H2. The Balaban J connectivity index is 0.000000203. The molecule has 0 saturated heterocycles. The van der Waals surface area contributed by atoms with Gasteiger partial charge in [0.25, 0.3) is 24.7 Å². The fraction of sp³-hybridized carbons (Fsp3) is 0.500. The second kappa shape index (κ2) is 5.54. The number of carbonyl (C=O) groups excluding carboxylic acids is 2. The molecule has 1 aromatic rings. The fourth-order valence-electron chi connectivity index (χ4n) is 2.62. The number of rotatable bonds is 3. The number of fused-ring (bicyclic) bond motifs is 1. The van der Waals surface area contributed by atoms with E-state index in [2.05, 4.69) is 0 Å². The minimum atomic E-state index is -2.68. The van der Waals surface area contributed by atoms with Crippen LogP contribution in [0.5, 0.6) is 0 Å². The van der Waals surface area contributed by atoms with Gasteiger partial charge in [-0.3, -0.25) is 14.5 Å². The van der Waals surface area contributed by atoms with Gasteiger partial charge in [-0.05, 0) is 37.8 Å². The second-order valence-electron chi connectivity index (χ2n) is 6.43. The number of halogens is 4. The Morgan fingerprint density at radius 3 is 1.58 bits per heavy atom. The molecule has 3 aliphatic rings. The van der Waals surface area contributed by atoms with Crippen molar-refractivity contribution in [2.24, 2.45) is 5.73 Å². The van der Waals surface area contributed by atoms with Crippen molar-refractivity contribution in [1.82, 2.24) is 4.90 Å². The van der Waals surface area contributed by atoms with Crippen molar-refractivity contribution in [2.75, 3.05) is 0 Å². The van der Waals surface area contributed by atoms with E-state index in [4.69, 9.17) is 5.73 Å². The van der Waals surface area contributed by atoms with Crippen LogP contribution in [0.25, 0.3) is 0 Å². The van der Waals surface area contributed by atoms with Gasteiger partial charge in [0.05, 0.1) is 16.7 Å². The molecule has 1 aliphatic heterocycles. The monoisotopic (exact) mass is 344 g/mol. The minimum absolute atomic E-state index is 0.191. The Morgan fingerprint density at radius 1 is 0.875 bits per heavy atom. The van der Waals surface area contributed by atoms with Gasteiger partial charge in [-0.2, -0.15) is 0 Å². The van der Waals surface area contributed by atoms with Gasteiger partial charge in [0, 0.05) is 0 Å². The Bertz CT molecular complexity index is 649. The van der Waals surface area contributed by atoms with E-state index >= 15 is 0 Å². The van der Waals surface area contributed by atoms with Gasteiger partial charge in [0.2, 0.25) is 0 Å². The second-order valence-corrected chi connectivity index (χ2v) is 6.43. The summed E-state index contributed by atoms with van der Waals surface area (Å²) >= 11 is 0. The number of carbonyl (C=O) groups is 2. The molecule has 4 rings (SSSR count). The van der Waals surface area contributed by atoms with Crippen molar-refractivity contribution in [2.45, 2.75) is 49.6 Å². The first-order valence-electron chi connectivity index (χ1n) is 7.56. The first kappa shape index (κ1) is 16.9. The van der Waals surface area contributed by atoms with E-state index in [1.807, 2.05) is 0 Å². The van der Waals surface area contributed by atoms with Crippen LogP contribution in [0.4, 0.5) is 17.6 Å². The van der Waals surface area contributed by atoms with Gasteiger partial charge < -0.3 is 5.73 Å². The summed E-state index contributed by atoms with van der Waals surface area (Å²) in [5, 5.41) is 0. The van der Waals surface area contributed by atoms with Gasteiger partial charge >= 0.3 is 0 Å². The van der Waals surface area contributed by atoms with Crippen molar-refractivity contribution < 1.29 is 27.2 Å². The number of hydrogen-bond acceptors (Lipinski definition) is 3. The van der Waals surface area contributed by atoms with Crippen LogP contribution >= 0.6 is 0 Å². The number of amides is 2. The minimum Gasteiger partial charge on any atom is -0.320 e. The smallest absolute Gasteiger partial charge is 0.262 e. The van der Waals surface area contributed by atoms with E-state index < -0.39 is 35.7 Å². The molecular formula is C16H16F4N2O2. The molecule has 2 amide bonds. The molecule has 0 aromatic heterocycles. The summed E-state index contributed by atoms with van der Waals surface area (Å²) in [5.74, 6) is -1.19. The van der Waals surface area contributed by atoms with Crippen LogP contribution in [-0.2, 0) is 0 Å². The highest BCUT2D eigenvalue weighted by molar-refractivity contribution is 6.22. The maximum absolute atomic E-state index is 13.0. The van der Waals surface area contributed by atoms with E-state index in [9.17, 15) is 27.2 Å². The third-order valence-electron chi connectivity index (χ3n) is 4.67. The van der Waals surface area contributed by atoms with Crippen molar-refractivity contribution in [1.29, 1.82) is 0 Å². The molecule has 2 aliphatic carbocycles. The molecule has 0 spiro atoms. The van der Waals surface area contributed by atoms with Crippen LogP contribution in [0.2, 0.25) is 0 Å². The highest BCUT2D eigenvalue weighted by Gasteiger charge is 2.62. The summed E-state index contributed by atoms with van der Waals surface area (Å²) in [6.45, 7) is 0. The Morgan fingerprint density at radius 2 is 1.33 bits per heavy atom. The number of nitrogens with zero attached hydrogens (tertiary/aromatic N) is 1. The van der Waals surface area contributed by atoms with Crippen LogP contribution < -0.4 is 5.73 Å². The molecule has 4 nitrogen and oxygen atoms in total. The van der Waals surface area contributed by atoms with Crippen LogP contribution in [0.3, 0.4) is 0 Å². The first-order chi connectivity index (χ1) is 11.2. The Kier molecular flexibility index (Phi) is 3.90. The predicted molar refractivity (Wildman–Crippen MR) is 77.1 cm³/mol. The zero-order valence-electron chi connectivity index (χ0n) is 12.6. The number of nitrogens with two attached hydrogens (primary N) is 1. The molecule has 130 valence electrons. The molecule has 0 atom stereocenters. The third-order valence-corrected chi connectivity index (χ3v) is 4.67. The van der Waals surface area contributed by atoms with E-state index in [1.54, 1.807) is 12.1 Å². The lowest BCUT2D eigenvalue weighted by Gasteiger charge is -2.24. The molecule has 0 bridgehead atoms. The zero-order chi connectivity index (χ0) is 17.7. The molecule has 2 fully saturated rings. The largest absolute Gasteiger partial charge is 0.320 e. The Hall–Kier alpha value is -1.96. The normalized spacial score (nSPS) is 22.4. The number of alkyl halides is 4. The van der Waals surface area contributed by atoms with Crippen molar-refractivity contribution in [3.8, 4) is 0 Å². The average Bonchev–Trinajstić information content (AvgIpc) is 3.45. The van der Waals surface area contributed by atoms with E-state index in [1.165, 1.54) is 12.1 Å². The SMILES string of the molecule is NC1(C(F)F)CC1.O=C1c2ccccc2C(=O)N1C1(C(F)F)CC1. The van der Waals surface area contributed by atoms with Crippen molar-refractivity contribution in [3.05, 3.63) is 35.4 Å². The van der Waals surface area contributed by atoms with Crippen LogP contribution in [-0.4, -0.2) is 40.6 Å². The number of imide groups is 1. The van der Waals surface area contributed by atoms with E-state index in [-0.39, 0.29) is 24.0 Å². The molecular weight excluding hydrogens is 328 g/mol. The molecule has 0 unspecified atom stereocenters. The summed E-state index contributed by atoms with van der Waals surface area (Å²) in [5.41, 5.74) is 2.86. The summed E-state index contributed by atoms with van der Waals surface area (Å²) in [4.78, 5) is 24.7. The summed E-state index contributed by atoms with van der Waals surface area (Å²) < 4.78 is 48.9. The average molecular weight is 344 g/mol. The van der Waals surface area contributed by atoms with Gasteiger partial charge in [-0.25, -0.2) is 17.6 Å². The fourth-order valence-corrected chi connectivity index (χ4v) is 2.62. The Labute approximate surface area is 135 Å². The van der Waals surface area contributed by atoms with Gasteiger partial charge in [0.1, 0.15) is 5.54 Å². The zero-order valence-corrected chi connectivity index (χ0v) is 12.6. The molecule has 24 heavy (non-hydrogen) atoms. The van der Waals surface area contributed by atoms with Gasteiger partial charge in [-0.15, -0.1) is 0 Å². The lowest BCUT2D eigenvalue weighted by molar-refractivity contribution is 0.0136. The summed E-state index contributed by atoms with van der Waals surface area (Å²) in [7, 11) is 0. The lowest BCUT2D eigenvalue weighted by Crippen LogP contribution is -2.46. The topological polar surface area (TPSA) is 63.4 Å². The first-order valence-corrected chi connectivity index (χ1v) is 7.56. The maximum atomic E-state index is 13.0. The summed E-state index contributed by atoms with van der Waals surface area (Å²) in [6, 6.07) is 6.24. The highest BCUT2D eigenvalue weighted by atomic mass is 19.3. The van der Waals surface area contributed by atoms with Crippen LogP contribution in [0.1, 0.15) is 46.4 Å². The third kappa shape index (κ3) is 2.58. The quantitative estimate of drug-likeness (QED) is 0.677. The van der Waals surface area contributed by atoms with Crippen LogP contribution in [0, 0.1) is 0 Å². The predicted octanol–water partition coefficient (Wildman–Crippen LogP) is 2.82. The molecule has 1 aromatic carbocycles. The van der Waals surface area contributed by atoms with Crippen molar-refractivity contribution >= 4 is 11.8 Å². The molecule has 2 N–H and O–H groups in total. The van der Waals surface area contributed by atoms with Gasteiger partial charge in [0.15, 0.2) is 0 Å². The molecule has 0 radical (unpaired) electrons. The van der Waals surface area contributed by atoms with E-state index in [0.717, 1.165) is 4.90 Å². The number of hydrogen-bond donors (Lipinski definition) is 1. The molecule has 1 heterocycles. The lowest BCUT2D eigenvalue weighted by atomic mass is 10.1. The summed E-state index contributed by atoms with van der Waals surface area (Å²) in [6.07, 6.45) is -3.63. The highest BCUT2D eigenvalue weighted by Crippen LogP contribution is 2.49. The van der Waals surface area contributed by atoms with Crippen molar-refractivity contribution in [3.63, 3.8) is 0 Å². The van der Waals surface area contributed by atoms with Gasteiger partial charge in [-0.1, -0.05) is 12.1 Å². The van der Waals surface area contributed by atoms with Crippen LogP contribution in [0.15, 0.2) is 24.3 Å².